The fourth-order valence-electron chi connectivity index (χ4n) is 4.07. The molecule has 6 nitrogen and oxygen atoms in total. The molecule has 182 valence electrons. The lowest BCUT2D eigenvalue weighted by atomic mass is 9.88. The third-order valence-electron chi connectivity index (χ3n) is 5.81. The van der Waals surface area contributed by atoms with Gasteiger partial charge in [-0.05, 0) is 63.4 Å². The number of hydrogen-bond acceptors (Lipinski definition) is 6. The van der Waals surface area contributed by atoms with E-state index in [1.54, 1.807) is 0 Å². The molecule has 0 fully saturated rings. The zero-order chi connectivity index (χ0) is 24.4. The highest BCUT2D eigenvalue weighted by atomic mass is 16.5. The molecule has 0 spiro atoms. The largest absolute Gasteiger partial charge is 0.493 e. The highest BCUT2D eigenvalue weighted by molar-refractivity contribution is 5.71. The molecule has 0 aliphatic carbocycles. The Labute approximate surface area is 202 Å². The lowest BCUT2D eigenvalue weighted by molar-refractivity contribution is -0.142. The molecule has 1 heterocycles. The highest BCUT2D eigenvalue weighted by Gasteiger charge is 2.24. The van der Waals surface area contributed by atoms with Crippen LogP contribution in [0.25, 0.3) is 11.5 Å². The highest BCUT2D eigenvalue weighted by Crippen LogP contribution is 2.23. The molecule has 0 saturated carbocycles. The maximum atomic E-state index is 11.8. The number of oxazole rings is 1. The molecule has 0 aliphatic rings. The van der Waals surface area contributed by atoms with Gasteiger partial charge in [0.15, 0.2) is 0 Å². The Balaban J connectivity index is 1.52. The fraction of sp³-hybridized carbons (Fsp3) is 0.429. The van der Waals surface area contributed by atoms with Crippen molar-refractivity contribution in [1.29, 1.82) is 0 Å². The summed E-state index contributed by atoms with van der Waals surface area (Å²) in [6, 6.07) is 18.1. The number of aryl methyl sites for hydroxylation is 1. The van der Waals surface area contributed by atoms with Crippen LogP contribution >= 0.6 is 0 Å². The monoisotopic (exact) mass is 464 g/mol. The van der Waals surface area contributed by atoms with E-state index in [0.717, 1.165) is 42.0 Å². The van der Waals surface area contributed by atoms with Crippen LogP contribution in [-0.4, -0.2) is 36.3 Å². The average molecular weight is 465 g/mol. The molecule has 3 aromatic rings. The number of carbonyl (C=O) groups excluding carboxylic acids is 1. The molecule has 0 aliphatic heterocycles. The van der Waals surface area contributed by atoms with Gasteiger partial charge in [-0.1, -0.05) is 43.7 Å². The molecular weight excluding hydrogens is 428 g/mol. The molecule has 34 heavy (non-hydrogen) atoms. The summed E-state index contributed by atoms with van der Waals surface area (Å²) < 4.78 is 16.8. The van der Waals surface area contributed by atoms with Crippen LogP contribution in [0, 0.1) is 6.92 Å². The summed E-state index contributed by atoms with van der Waals surface area (Å²) in [5.41, 5.74) is 2.91. The summed E-state index contributed by atoms with van der Waals surface area (Å²) in [5, 5.41) is 3.39. The summed E-state index contributed by atoms with van der Waals surface area (Å²) in [7, 11) is 0. The number of nitrogens with one attached hydrogen (secondary N) is 1. The van der Waals surface area contributed by atoms with Gasteiger partial charge in [0.05, 0.1) is 25.5 Å². The van der Waals surface area contributed by atoms with Crippen molar-refractivity contribution in [3.63, 3.8) is 0 Å². The number of benzene rings is 2. The minimum absolute atomic E-state index is 0.176. The van der Waals surface area contributed by atoms with Crippen LogP contribution in [0.2, 0.25) is 0 Å². The number of hydrogen-bond donors (Lipinski definition) is 1. The number of carbonyl (C=O) groups is 1. The number of rotatable bonds is 13. The maximum Gasteiger partial charge on any atom is 0.319 e. The van der Waals surface area contributed by atoms with Gasteiger partial charge in [0.25, 0.3) is 0 Å². The van der Waals surface area contributed by atoms with E-state index in [1.165, 1.54) is 5.56 Å². The molecule has 1 N–H and O–H groups in total. The quantitative estimate of drug-likeness (QED) is 0.336. The Kier molecular flexibility index (Phi) is 9.28. The van der Waals surface area contributed by atoms with Gasteiger partial charge in [0.2, 0.25) is 5.89 Å². The van der Waals surface area contributed by atoms with Gasteiger partial charge >= 0.3 is 5.97 Å². The zero-order valence-corrected chi connectivity index (χ0v) is 20.7. The van der Waals surface area contributed by atoms with Crippen LogP contribution in [0.3, 0.4) is 0 Å². The predicted octanol–water partition coefficient (Wildman–Crippen LogP) is 5.53. The number of nitrogens with zero attached hydrogens (tertiary/aromatic N) is 1. The Morgan fingerprint density at radius 1 is 1.09 bits per heavy atom. The summed E-state index contributed by atoms with van der Waals surface area (Å²) in [6.45, 7) is 9.21. The summed E-state index contributed by atoms with van der Waals surface area (Å²) in [4.78, 5) is 16.4. The van der Waals surface area contributed by atoms with Crippen molar-refractivity contribution in [3.8, 4) is 17.2 Å². The summed E-state index contributed by atoms with van der Waals surface area (Å²) in [6.07, 6.45) is 3.49. The topological polar surface area (TPSA) is 73.6 Å². The lowest BCUT2D eigenvalue weighted by Gasteiger charge is -2.31. The van der Waals surface area contributed by atoms with Gasteiger partial charge < -0.3 is 19.2 Å². The zero-order valence-electron chi connectivity index (χ0n) is 20.7. The Morgan fingerprint density at radius 3 is 2.50 bits per heavy atom. The normalized spacial score (nSPS) is 12.8. The smallest absolute Gasteiger partial charge is 0.319 e. The Bertz CT molecular complexity index is 1030. The minimum atomic E-state index is -0.216. The number of esters is 1. The van der Waals surface area contributed by atoms with Crippen molar-refractivity contribution in [2.75, 3.05) is 19.8 Å². The van der Waals surface area contributed by atoms with Gasteiger partial charge in [-0.15, -0.1) is 0 Å². The molecule has 0 bridgehead atoms. The van der Waals surface area contributed by atoms with Gasteiger partial charge in [-0.25, -0.2) is 4.98 Å². The van der Waals surface area contributed by atoms with Gasteiger partial charge in [-0.2, -0.15) is 0 Å². The molecule has 1 unspecified atom stereocenters. The van der Waals surface area contributed by atoms with Gasteiger partial charge in [0.1, 0.15) is 11.5 Å². The first-order chi connectivity index (χ1) is 16.4. The minimum Gasteiger partial charge on any atom is -0.493 e. The van der Waals surface area contributed by atoms with Crippen LogP contribution in [-0.2, 0) is 22.4 Å². The SMILES string of the molecule is CCCC(C)(Cc1ccc(OCCc2nc(-c3ccccc3)oc2C)cc1)NCC(=O)OCC. The molecule has 3 rings (SSSR count). The molecule has 2 aromatic carbocycles. The lowest BCUT2D eigenvalue weighted by Crippen LogP contribution is -2.46. The molecule has 6 heteroatoms. The van der Waals surface area contributed by atoms with Gasteiger partial charge in [-0.3, -0.25) is 4.79 Å². The van der Waals surface area contributed by atoms with E-state index in [4.69, 9.17) is 13.9 Å². The van der Waals surface area contributed by atoms with Crippen LogP contribution in [0.4, 0.5) is 0 Å². The van der Waals surface area contributed by atoms with Crippen molar-refractivity contribution in [1.82, 2.24) is 10.3 Å². The maximum absolute atomic E-state index is 11.8. The third kappa shape index (κ3) is 7.45. The van der Waals surface area contributed by atoms with E-state index in [9.17, 15) is 4.79 Å². The second-order valence-corrected chi connectivity index (χ2v) is 8.78. The fourth-order valence-corrected chi connectivity index (χ4v) is 4.07. The van der Waals surface area contributed by atoms with E-state index in [1.807, 2.05) is 56.3 Å². The van der Waals surface area contributed by atoms with Crippen LogP contribution in [0.1, 0.15) is 50.6 Å². The molecule has 1 atom stereocenters. The second kappa shape index (κ2) is 12.4. The van der Waals surface area contributed by atoms with E-state index >= 15 is 0 Å². The molecule has 0 saturated heterocycles. The molecule has 1 aromatic heterocycles. The van der Waals surface area contributed by atoms with E-state index in [0.29, 0.717) is 25.5 Å². The van der Waals surface area contributed by atoms with E-state index in [2.05, 4.69) is 36.3 Å². The van der Waals surface area contributed by atoms with Crippen LogP contribution in [0.15, 0.2) is 59.0 Å². The standard InChI is InChI=1S/C28H36N2O4/c1-5-17-28(4,29-20-26(31)32-6-2)19-22-12-14-24(15-13-22)33-18-16-25-21(3)34-27(30-25)23-10-8-7-9-11-23/h7-15,29H,5-6,16-20H2,1-4H3. The Hall–Kier alpha value is -3.12. The van der Waals surface area contributed by atoms with Crippen molar-refractivity contribution >= 4 is 5.97 Å². The first kappa shape index (κ1) is 25.5. The van der Waals surface area contributed by atoms with Crippen molar-refractivity contribution in [2.45, 2.75) is 58.9 Å². The van der Waals surface area contributed by atoms with Crippen LogP contribution in [0.5, 0.6) is 5.75 Å². The second-order valence-electron chi connectivity index (χ2n) is 8.78. The average Bonchev–Trinajstić information content (AvgIpc) is 3.20. The number of ether oxygens (including phenoxy) is 2. The van der Waals surface area contributed by atoms with Gasteiger partial charge in [0, 0.05) is 17.5 Å². The van der Waals surface area contributed by atoms with Crippen LogP contribution < -0.4 is 10.1 Å². The first-order valence-corrected chi connectivity index (χ1v) is 12.1. The predicted molar refractivity (Wildman–Crippen MR) is 134 cm³/mol. The van der Waals surface area contributed by atoms with Crippen molar-refractivity contribution in [3.05, 3.63) is 71.6 Å². The third-order valence-corrected chi connectivity index (χ3v) is 5.81. The van der Waals surface area contributed by atoms with E-state index in [-0.39, 0.29) is 18.1 Å². The summed E-state index contributed by atoms with van der Waals surface area (Å²) in [5.74, 6) is 2.07. The molecule has 0 amide bonds. The Morgan fingerprint density at radius 2 is 1.82 bits per heavy atom. The molecular formula is C28H36N2O4. The molecule has 0 radical (unpaired) electrons. The van der Waals surface area contributed by atoms with Crippen molar-refractivity contribution in [2.24, 2.45) is 0 Å². The van der Waals surface area contributed by atoms with E-state index < -0.39 is 0 Å². The first-order valence-electron chi connectivity index (χ1n) is 12.1. The van der Waals surface area contributed by atoms with Crippen molar-refractivity contribution < 1.29 is 18.7 Å². The number of aromatic nitrogens is 1. The summed E-state index contributed by atoms with van der Waals surface area (Å²) >= 11 is 0.